The van der Waals surface area contributed by atoms with Crippen LogP contribution in [0, 0.1) is 0 Å². The lowest BCUT2D eigenvalue weighted by Gasteiger charge is -2.03. The molecule has 0 N–H and O–H groups in total. The highest BCUT2D eigenvalue weighted by molar-refractivity contribution is 7.90. The molecule has 0 amide bonds. The minimum Gasteiger partial charge on any atom is -0.255 e. The molecule has 0 heterocycles. The quantitative estimate of drug-likeness (QED) is 0.813. The lowest BCUT2D eigenvalue weighted by molar-refractivity contribution is 0.602. The van der Waals surface area contributed by atoms with Gasteiger partial charge in [0, 0.05) is 18.0 Å². The van der Waals surface area contributed by atoms with Gasteiger partial charge in [-0.1, -0.05) is 41.9 Å². The second-order valence-electron chi connectivity index (χ2n) is 4.02. The van der Waals surface area contributed by atoms with Gasteiger partial charge in [-0.05, 0) is 18.2 Å². The molecule has 2 aromatic rings. The van der Waals surface area contributed by atoms with Crippen molar-refractivity contribution in [1.82, 2.24) is 0 Å². The zero-order valence-corrected chi connectivity index (χ0v) is 11.8. The van der Waals surface area contributed by atoms with Crippen molar-refractivity contribution in [3.05, 3.63) is 59.1 Å². The summed E-state index contributed by atoms with van der Waals surface area (Å²) in [6, 6.07) is 13.8. The molecule has 0 unspecified atom stereocenters. The molecule has 19 heavy (non-hydrogen) atoms. The largest absolute Gasteiger partial charge is 0.255 e. The maximum atomic E-state index is 11.6. The second-order valence-corrected chi connectivity index (χ2v) is 6.41. The van der Waals surface area contributed by atoms with Gasteiger partial charge in [0.15, 0.2) is 9.84 Å². The molecule has 0 atom stereocenters. The van der Waals surface area contributed by atoms with E-state index >= 15 is 0 Å². The summed E-state index contributed by atoms with van der Waals surface area (Å²) in [5, 5.41) is 0.524. The summed E-state index contributed by atoms with van der Waals surface area (Å²) in [5.74, 6) is 0. The van der Waals surface area contributed by atoms with Gasteiger partial charge >= 0.3 is 0 Å². The molecule has 0 radical (unpaired) electrons. The zero-order valence-electron chi connectivity index (χ0n) is 10.2. The van der Waals surface area contributed by atoms with E-state index in [1.54, 1.807) is 36.4 Å². The average Bonchev–Trinajstić information content (AvgIpc) is 2.37. The van der Waals surface area contributed by atoms with Gasteiger partial charge in [0.2, 0.25) is 0 Å². The first kappa shape index (κ1) is 13.8. The minimum atomic E-state index is -3.27. The van der Waals surface area contributed by atoms with E-state index in [1.807, 2.05) is 12.1 Å². The molecule has 2 aromatic carbocycles. The van der Waals surface area contributed by atoms with E-state index in [0.29, 0.717) is 16.3 Å². The van der Waals surface area contributed by atoms with Crippen molar-refractivity contribution in [3.8, 4) is 0 Å². The maximum Gasteiger partial charge on any atom is 0.176 e. The van der Waals surface area contributed by atoms with Crippen LogP contribution in [0.1, 0.15) is 5.56 Å². The molecular formula is C14H12ClNO2S. The number of hydrogen-bond donors (Lipinski definition) is 0. The standard InChI is InChI=1S/C14H12ClNO2S/c1-19(17,18)14-9-5-2-6-11(14)10-16-13-8-4-3-7-12(13)15/h2-10H,1H3. The Morgan fingerprint density at radius 2 is 1.68 bits per heavy atom. The van der Waals surface area contributed by atoms with Crippen LogP contribution < -0.4 is 0 Å². The third-order valence-corrected chi connectivity index (χ3v) is 4.00. The van der Waals surface area contributed by atoms with Crippen LogP contribution >= 0.6 is 11.6 Å². The van der Waals surface area contributed by atoms with E-state index < -0.39 is 9.84 Å². The number of para-hydroxylation sites is 1. The number of sulfone groups is 1. The second kappa shape index (κ2) is 5.55. The maximum absolute atomic E-state index is 11.6. The summed E-state index contributed by atoms with van der Waals surface area (Å²) in [6.45, 7) is 0. The zero-order chi connectivity index (χ0) is 13.9. The van der Waals surface area contributed by atoms with Crippen LogP contribution in [0.5, 0.6) is 0 Å². The summed E-state index contributed by atoms with van der Waals surface area (Å²) in [6.07, 6.45) is 2.69. The van der Waals surface area contributed by atoms with Crippen LogP contribution in [-0.4, -0.2) is 20.9 Å². The van der Waals surface area contributed by atoms with Gasteiger partial charge in [0.05, 0.1) is 15.6 Å². The fourth-order valence-corrected chi connectivity index (χ4v) is 2.68. The number of aliphatic imine (C=N–C) groups is 1. The Labute approximate surface area is 117 Å². The molecule has 3 nitrogen and oxygen atoms in total. The van der Waals surface area contributed by atoms with Gasteiger partial charge in [-0.2, -0.15) is 0 Å². The van der Waals surface area contributed by atoms with Crippen molar-refractivity contribution >= 4 is 33.3 Å². The smallest absolute Gasteiger partial charge is 0.176 e. The topological polar surface area (TPSA) is 46.5 Å². The van der Waals surface area contributed by atoms with Gasteiger partial charge in [-0.15, -0.1) is 0 Å². The third kappa shape index (κ3) is 3.43. The predicted octanol–water partition coefficient (Wildman–Crippen LogP) is 3.49. The van der Waals surface area contributed by atoms with Crippen LogP contribution in [-0.2, 0) is 9.84 Å². The van der Waals surface area contributed by atoms with Gasteiger partial charge < -0.3 is 0 Å². The van der Waals surface area contributed by atoms with E-state index in [-0.39, 0.29) is 4.90 Å². The van der Waals surface area contributed by atoms with E-state index in [1.165, 1.54) is 12.5 Å². The highest BCUT2D eigenvalue weighted by Crippen LogP contribution is 2.24. The molecule has 0 aliphatic rings. The summed E-state index contributed by atoms with van der Waals surface area (Å²) >= 11 is 5.99. The molecule has 5 heteroatoms. The van der Waals surface area contributed by atoms with Crippen LogP contribution in [0.15, 0.2) is 58.4 Å². The van der Waals surface area contributed by atoms with Crippen molar-refractivity contribution in [3.63, 3.8) is 0 Å². The Bertz CT molecular complexity index is 724. The molecule has 98 valence electrons. The van der Waals surface area contributed by atoms with E-state index in [0.717, 1.165) is 0 Å². The Balaban J connectivity index is 2.43. The van der Waals surface area contributed by atoms with Crippen LogP contribution in [0.25, 0.3) is 0 Å². The van der Waals surface area contributed by atoms with E-state index in [9.17, 15) is 8.42 Å². The van der Waals surface area contributed by atoms with Gasteiger partial charge in [-0.3, -0.25) is 4.99 Å². The number of halogens is 1. The SMILES string of the molecule is CS(=O)(=O)c1ccccc1C=Nc1ccccc1Cl. The molecule has 0 aliphatic carbocycles. The fourth-order valence-electron chi connectivity index (χ4n) is 1.62. The van der Waals surface area contributed by atoms with Crippen molar-refractivity contribution in [2.75, 3.05) is 6.26 Å². The van der Waals surface area contributed by atoms with Gasteiger partial charge in [-0.25, -0.2) is 8.42 Å². The summed E-state index contributed by atoms with van der Waals surface area (Å²) in [5.41, 5.74) is 1.15. The van der Waals surface area contributed by atoms with Crippen molar-refractivity contribution in [1.29, 1.82) is 0 Å². The number of nitrogens with zero attached hydrogens (tertiary/aromatic N) is 1. The molecule has 0 saturated carbocycles. The first-order valence-corrected chi connectivity index (χ1v) is 7.83. The van der Waals surface area contributed by atoms with Crippen molar-refractivity contribution in [2.45, 2.75) is 4.90 Å². The Kier molecular flexibility index (Phi) is 4.02. The predicted molar refractivity (Wildman–Crippen MR) is 78.3 cm³/mol. The molecule has 0 aromatic heterocycles. The molecule has 0 saturated heterocycles. The van der Waals surface area contributed by atoms with Crippen LogP contribution in [0.4, 0.5) is 5.69 Å². The highest BCUT2D eigenvalue weighted by atomic mass is 35.5. The normalized spacial score (nSPS) is 11.9. The number of hydrogen-bond acceptors (Lipinski definition) is 3. The molecule has 0 spiro atoms. The minimum absolute atomic E-state index is 0.255. The van der Waals surface area contributed by atoms with E-state index in [4.69, 9.17) is 11.6 Å². The fraction of sp³-hybridized carbons (Fsp3) is 0.0714. The van der Waals surface area contributed by atoms with Gasteiger partial charge in [0.25, 0.3) is 0 Å². The van der Waals surface area contributed by atoms with Crippen molar-refractivity contribution in [2.24, 2.45) is 4.99 Å². The Morgan fingerprint density at radius 3 is 2.37 bits per heavy atom. The average molecular weight is 294 g/mol. The third-order valence-electron chi connectivity index (χ3n) is 2.51. The number of benzene rings is 2. The lowest BCUT2D eigenvalue weighted by Crippen LogP contribution is -2.01. The number of rotatable bonds is 3. The van der Waals surface area contributed by atoms with E-state index in [2.05, 4.69) is 4.99 Å². The monoisotopic (exact) mass is 293 g/mol. The summed E-state index contributed by atoms with van der Waals surface area (Å²) in [4.78, 5) is 4.48. The van der Waals surface area contributed by atoms with Crippen LogP contribution in [0.2, 0.25) is 5.02 Å². The molecule has 0 bridgehead atoms. The molecular weight excluding hydrogens is 282 g/mol. The molecule has 2 rings (SSSR count). The first-order chi connectivity index (χ1) is 8.98. The summed E-state index contributed by atoms with van der Waals surface area (Å²) in [7, 11) is -3.27. The first-order valence-electron chi connectivity index (χ1n) is 5.56. The van der Waals surface area contributed by atoms with Gasteiger partial charge in [0.1, 0.15) is 0 Å². The molecule has 0 fully saturated rings. The Morgan fingerprint density at radius 1 is 1.05 bits per heavy atom. The summed E-state index contributed by atoms with van der Waals surface area (Å²) < 4.78 is 23.3. The lowest BCUT2D eigenvalue weighted by atomic mass is 10.2. The highest BCUT2D eigenvalue weighted by Gasteiger charge is 2.10. The van der Waals surface area contributed by atoms with Crippen molar-refractivity contribution < 1.29 is 8.42 Å². The molecule has 0 aliphatic heterocycles. The Hall–Kier alpha value is -1.65. The van der Waals surface area contributed by atoms with Crippen LogP contribution in [0.3, 0.4) is 0 Å².